The minimum absolute atomic E-state index is 0.0748. The van der Waals surface area contributed by atoms with Crippen LogP contribution in [0.2, 0.25) is 0 Å². The smallest absolute Gasteiger partial charge is 0.368 e. The predicted octanol–water partition coefficient (Wildman–Crippen LogP) is 3.01. The summed E-state index contributed by atoms with van der Waals surface area (Å²) in [5, 5.41) is 14.7. The zero-order chi connectivity index (χ0) is 18.0. The second-order valence-electron chi connectivity index (χ2n) is 5.67. The second-order valence-corrected chi connectivity index (χ2v) is 5.67. The van der Waals surface area contributed by atoms with Crippen LogP contribution in [0.3, 0.4) is 0 Å². The molecule has 7 nitrogen and oxygen atoms in total. The van der Waals surface area contributed by atoms with Crippen molar-refractivity contribution in [1.82, 2.24) is 0 Å². The first kappa shape index (κ1) is 16.4. The number of nitro benzene ring substituents is 1. The molecule has 1 aliphatic rings. The van der Waals surface area contributed by atoms with Crippen molar-refractivity contribution in [3.8, 4) is 0 Å². The highest BCUT2D eigenvalue weighted by atomic mass is 16.7. The number of benzene rings is 2. The van der Waals surface area contributed by atoms with Crippen molar-refractivity contribution < 1.29 is 14.6 Å². The molecule has 0 saturated carbocycles. The predicted molar refractivity (Wildman–Crippen MR) is 94.5 cm³/mol. The third-order valence-corrected chi connectivity index (χ3v) is 3.75. The first-order chi connectivity index (χ1) is 12.0. The van der Waals surface area contributed by atoms with E-state index in [1.165, 1.54) is 12.1 Å². The molecular weight excluding hydrogens is 322 g/mol. The van der Waals surface area contributed by atoms with E-state index in [9.17, 15) is 14.9 Å². The van der Waals surface area contributed by atoms with E-state index in [2.05, 4.69) is 5.16 Å². The number of oxime groups is 1. The number of hydrogen-bond donors (Lipinski definition) is 0. The van der Waals surface area contributed by atoms with Gasteiger partial charge in [0.05, 0.1) is 10.5 Å². The van der Waals surface area contributed by atoms with Gasteiger partial charge >= 0.3 is 5.97 Å². The highest BCUT2D eigenvalue weighted by molar-refractivity contribution is 6.31. The topological polar surface area (TPSA) is 85.0 Å². The van der Waals surface area contributed by atoms with Crippen molar-refractivity contribution in [3.63, 3.8) is 0 Å². The zero-order valence-corrected chi connectivity index (χ0v) is 13.7. The number of nitrogens with zero attached hydrogens (tertiary/aromatic N) is 3. The largest absolute Gasteiger partial charge is 0.378 e. The average molecular weight is 337 g/mol. The van der Waals surface area contributed by atoms with Gasteiger partial charge in [-0.1, -0.05) is 29.4 Å². The summed E-state index contributed by atoms with van der Waals surface area (Å²) >= 11 is 0. The Kier molecular flexibility index (Phi) is 4.30. The van der Waals surface area contributed by atoms with Crippen LogP contribution >= 0.6 is 0 Å². The maximum atomic E-state index is 12.0. The lowest BCUT2D eigenvalue weighted by Crippen LogP contribution is -2.08. The van der Waals surface area contributed by atoms with Crippen molar-refractivity contribution in [2.24, 2.45) is 5.16 Å². The minimum atomic E-state index is -0.585. The second kappa shape index (κ2) is 6.56. The van der Waals surface area contributed by atoms with Gasteiger partial charge in [-0.05, 0) is 23.8 Å². The molecule has 2 aromatic rings. The molecule has 1 heterocycles. The molecule has 3 rings (SSSR count). The number of carbonyl (C=O) groups is 1. The normalized spacial score (nSPS) is 15.0. The van der Waals surface area contributed by atoms with Crippen molar-refractivity contribution in [2.45, 2.75) is 0 Å². The van der Waals surface area contributed by atoms with Gasteiger partial charge < -0.3 is 9.74 Å². The van der Waals surface area contributed by atoms with E-state index in [0.29, 0.717) is 5.56 Å². The van der Waals surface area contributed by atoms with Crippen molar-refractivity contribution in [2.75, 3.05) is 19.0 Å². The quantitative estimate of drug-likeness (QED) is 0.370. The Labute approximate surface area is 144 Å². The van der Waals surface area contributed by atoms with Gasteiger partial charge in [-0.3, -0.25) is 10.1 Å². The molecule has 0 spiro atoms. The van der Waals surface area contributed by atoms with E-state index in [0.717, 1.165) is 11.3 Å². The Bertz CT molecular complexity index is 899. The van der Waals surface area contributed by atoms with E-state index < -0.39 is 10.9 Å². The monoisotopic (exact) mass is 337 g/mol. The van der Waals surface area contributed by atoms with Crippen molar-refractivity contribution in [1.29, 1.82) is 0 Å². The fourth-order valence-corrected chi connectivity index (χ4v) is 2.42. The van der Waals surface area contributed by atoms with E-state index in [1.807, 2.05) is 43.3 Å². The molecular formula is C18H15N3O4. The fraction of sp³-hybridized carbons (Fsp3) is 0.111. The van der Waals surface area contributed by atoms with E-state index in [1.54, 1.807) is 18.2 Å². The molecule has 25 heavy (non-hydrogen) atoms. The molecule has 0 N–H and O–H groups in total. The lowest BCUT2D eigenvalue weighted by Gasteiger charge is -2.11. The van der Waals surface area contributed by atoms with Crippen molar-refractivity contribution >= 4 is 29.1 Å². The number of nitro groups is 1. The van der Waals surface area contributed by atoms with E-state index in [4.69, 9.17) is 4.84 Å². The molecule has 2 aromatic carbocycles. The summed E-state index contributed by atoms with van der Waals surface area (Å²) in [5.74, 6) is -0.585. The molecule has 0 atom stereocenters. The highest BCUT2D eigenvalue weighted by Gasteiger charge is 2.27. The molecule has 0 aliphatic carbocycles. The van der Waals surface area contributed by atoms with Crippen LogP contribution in [0.5, 0.6) is 0 Å². The number of non-ortho nitro benzene ring substituents is 1. The maximum Gasteiger partial charge on any atom is 0.368 e. The van der Waals surface area contributed by atoms with Crippen molar-refractivity contribution in [3.05, 3.63) is 75.3 Å². The van der Waals surface area contributed by atoms with Crippen LogP contribution in [-0.4, -0.2) is 30.7 Å². The van der Waals surface area contributed by atoms with Gasteiger partial charge in [-0.25, -0.2) is 4.79 Å². The Morgan fingerprint density at radius 2 is 1.88 bits per heavy atom. The van der Waals surface area contributed by atoms with Gasteiger partial charge in [0, 0.05) is 37.5 Å². The van der Waals surface area contributed by atoms with Crippen LogP contribution in [0.25, 0.3) is 6.08 Å². The van der Waals surface area contributed by atoms with Gasteiger partial charge in [-0.2, -0.15) is 0 Å². The molecule has 0 amide bonds. The molecule has 0 bridgehead atoms. The standard InChI is InChI=1S/C18H15N3O4/c1-20(2)14-8-6-12(7-9-14)10-16-17(19-25-18(16)22)13-4-3-5-15(11-13)21(23)24/h3-11H,1-2H3/b16-10+. The summed E-state index contributed by atoms with van der Waals surface area (Å²) < 4.78 is 0. The number of rotatable bonds is 4. The minimum Gasteiger partial charge on any atom is -0.378 e. The van der Waals surface area contributed by atoms with Gasteiger partial charge in [0.1, 0.15) is 5.71 Å². The zero-order valence-electron chi connectivity index (χ0n) is 13.7. The molecule has 1 aliphatic heterocycles. The summed E-state index contributed by atoms with van der Waals surface area (Å²) in [4.78, 5) is 29.2. The summed E-state index contributed by atoms with van der Waals surface area (Å²) in [6, 6.07) is 13.5. The molecule has 0 saturated heterocycles. The van der Waals surface area contributed by atoms with Gasteiger partial charge in [0.2, 0.25) is 0 Å². The first-order valence-electron chi connectivity index (χ1n) is 7.49. The summed E-state index contributed by atoms with van der Waals surface area (Å²) in [5.41, 5.74) is 2.76. The van der Waals surface area contributed by atoms with Gasteiger partial charge in [0.15, 0.2) is 0 Å². The van der Waals surface area contributed by atoms with E-state index >= 15 is 0 Å². The molecule has 0 unspecified atom stereocenters. The summed E-state index contributed by atoms with van der Waals surface area (Å²) in [6.07, 6.45) is 1.66. The molecule has 7 heteroatoms. The van der Waals surface area contributed by atoms with Crippen LogP contribution in [0.15, 0.2) is 59.3 Å². The van der Waals surface area contributed by atoms with E-state index in [-0.39, 0.29) is 17.0 Å². The molecule has 0 aromatic heterocycles. The average Bonchev–Trinajstić information content (AvgIpc) is 2.96. The molecule has 0 fully saturated rings. The number of hydrogen-bond acceptors (Lipinski definition) is 6. The SMILES string of the molecule is CN(C)c1ccc(/C=C2/C(=O)ON=C2c2cccc([N+](=O)[O-])c2)cc1. The lowest BCUT2D eigenvalue weighted by atomic mass is 10.00. The highest BCUT2D eigenvalue weighted by Crippen LogP contribution is 2.24. The Balaban J connectivity index is 1.97. The summed E-state index contributed by atoms with van der Waals surface area (Å²) in [7, 11) is 3.88. The first-order valence-corrected chi connectivity index (χ1v) is 7.49. The Hall–Kier alpha value is -3.48. The van der Waals surface area contributed by atoms with Crippen LogP contribution < -0.4 is 4.90 Å². The van der Waals surface area contributed by atoms with Crippen LogP contribution in [0, 0.1) is 10.1 Å². The maximum absolute atomic E-state index is 12.0. The Morgan fingerprint density at radius 1 is 1.16 bits per heavy atom. The van der Waals surface area contributed by atoms with Gasteiger partial charge in [-0.15, -0.1) is 0 Å². The lowest BCUT2D eigenvalue weighted by molar-refractivity contribution is -0.384. The van der Waals surface area contributed by atoms with Crippen LogP contribution in [-0.2, 0) is 9.63 Å². The Morgan fingerprint density at radius 3 is 2.52 bits per heavy atom. The van der Waals surface area contributed by atoms with Crippen LogP contribution in [0.1, 0.15) is 11.1 Å². The summed E-state index contributed by atoms with van der Waals surface area (Å²) in [6.45, 7) is 0. The number of anilines is 1. The third kappa shape index (κ3) is 3.40. The van der Waals surface area contributed by atoms with Crippen LogP contribution in [0.4, 0.5) is 11.4 Å². The van der Waals surface area contributed by atoms with Gasteiger partial charge in [0.25, 0.3) is 5.69 Å². The molecule has 126 valence electrons. The fourth-order valence-electron chi connectivity index (χ4n) is 2.42. The molecule has 0 radical (unpaired) electrons. The third-order valence-electron chi connectivity index (χ3n) is 3.75. The number of carbonyl (C=O) groups excluding carboxylic acids is 1.